The number of alkyl halides is 2. The molecule has 1 aliphatic carbocycles. The zero-order valence-electron chi connectivity index (χ0n) is 9.95. The Hall–Kier alpha value is -1.40. The summed E-state index contributed by atoms with van der Waals surface area (Å²) < 4.78 is 57.5. The second-order valence-electron chi connectivity index (χ2n) is 4.36. The van der Waals surface area contributed by atoms with E-state index >= 15 is 8.78 Å². The van der Waals surface area contributed by atoms with Gasteiger partial charge in [-0.25, -0.2) is 17.6 Å². The average Bonchev–Trinajstić information content (AvgIpc) is 3.09. The van der Waals surface area contributed by atoms with Crippen molar-refractivity contribution in [3.05, 3.63) is 68.6 Å². The summed E-state index contributed by atoms with van der Waals surface area (Å²) >= 11 is 1.92. The maximum atomic E-state index is 15.3. The number of rotatable bonds is 2. The summed E-state index contributed by atoms with van der Waals surface area (Å²) in [6.45, 7) is 0. The largest absolute Gasteiger partial charge is 0.229 e. The van der Waals surface area contributed by atoms with Crippen LogP contribution in [0.5, 0.6) is 0 Å². The summed E-state index contributed by atoms with van der Waals surface area (Å²) in [5.41, 5.74) is -5.52. The molecule has 1 aliphatic rings. The Morgan fingerprint density at radius 2 is 1.15 bits per heavy atom. The van der Waals surface area contributed by atoms with Crippen molar-refractivity contribution < 1.29 is 17.6 Å². The monoisotopic (exact) mass is 316 g/mol. The highest BCUT2D eigenvalue weighted by Crippen LogP contribution is 2.55. The van der Waals surface area contributed by atoms with Crippen LogP contribution in [0.25, 0.3) is 0 Å². The molecule has 0 aliphatic heterocycles. The van der Waals surface area contributed by atoms with Crippen LogP contribution in [0.4, 0.5) is 17.6 Å². The van der Waals surface area contributed by atoms with E-state index in [0.29, 0.717) is 12.2 Å². The van der Waals surface area contributed by atoms with Crippen LogP contribution >= 0.6 is 22.7 Å². The lowest BCUT2D eigenvalue weighted by Gasteiger charge is -2.36. The maximum absolute atomic E-state index is 15.3. The van der Waals surface area contributed by atoms with Gasteiger partial charge in [0.05, 0.1) is 0 Å². The van der Waals surface area contributed by atoms with E-state index in [1.54, 1.807) is 10.8 Å². The summed E-state index contributed by atoms with van der Waals surface area (Å²) in [5.74, 6) is -2.77. The first-order valence-corrected chi connectivity index (χ1v) is 7.46. The zero-order chi connectivity index (χ0) is 14.4. The van der Waals surface area contributed by atoms with E-state index in [0.717, 1.165) is 22.7 Å². The predicted molar refractivity (Wildman–Crippen MR) is 72.6 cm³/mol. The first-order chi connectivity index (χ1) is 9.47. The Labute approximate surface area is 120 Å². The first kappa shape index (κ1) is 13.6. The van der Waals surface area contributed by atoms with Crippen molar-refractivity contribution in [1.29, 1.82) is 0 Å². The van der Waals surface area contributed by atoms with Gasteiger partial charge in [0, 0.05) is 21.9 Å². The standard InChI is InChI=1S/C14H8F4S2/c15-9-7-13(17,11-3-1-5-19-11)14(18,8-10(9)16)12-4-2-6-20-12/h1-8H. The minimum atomic E-state index is -2.76. The van der Waals surface area contributed by atoms with Gasteiger partial charge in [0.2, 0.25) is 11.3 Å². The molecule has 0 radical (unpaired) electrons. The van der Waals surface area contributed by atoms with Gasteiger partial charge in [0.15, 0.2) is 11.7 Å². The fourth-order valence-electron chi connectivity index (χ4n) is 2.17. The molecule has 104 valence electrons. The van der Waals surface area contributed by atoms with Crippen LogP contribution in [0.2, 0.25) is 0 Å². The van der Waals surface area contributed by atoms with Crippen LogP contribution in [0.15, 0.2) is 58.8 Å². The van der Waals surface area contributed by atoms with Gasteiger partial charge in [-0.2, -0.15) is 0 Å². The number of hydrogen-bond donors (Lipinski definition) is 0. The highest BCUT2D eigenvalue weighted by atomic mass is 32.1. The van der Waals surface area contributed by atoms with Crippen molar-refractivity contribution in [2.45, 2.75) is 11.3 Å². The molecule has 2 atom stereocenters. The van der Waals surface area contributed by atoms with Crippen LogP contribution in [-0.4, -0.2) is 0 Å². The molecular weight excluding hydrogens is 308 g/mol. The summed E-state index contributed by atoms with van der Waals surface area (Å²) in [6, 6.07) is 5.81. The van der Waals surface area contributed by atoms with Crippen LogP contribution in [0.3, 0.4) is 0 Å². The van der Waals surface area contributed by atoms with Gasteiger partial charge in [0.25, 0.3) is 0 Å². The van der Waals surface area contributed by atoms with Crippen molar-refractivity contribution in [3.63, 3.8) is 0 Å². The summed E-state index contributed by atoms with van der Waals surface area (Å²) in [4.78, 5) is -0.0143. The Morgan fingerprint density at radius 1 is 0.750 bits per heavy atom. The van der Waals surface area contributed by atoms with E-state index in [-0.39, 0.29) is 9.75 Å². The molecule has 2 aromatic rings. The average molecular weight is 316 g/mol. The first-order valence-electron chi connectivity index (χ1n) is 5.70. The molecule has 0 saturated heterocycles. The SMILES string of the molecule is FC1=CC(F)(c2cccs2)C(F)(c2cccs2)C=C1F. The van der Waals surface area contributed by atoms with E-state index in [1.165, 1.54) is 24.3 Å². The third-order valence-electron chi connectivity index (χ3n) is 3.17. The second-order valence-corrected chi connectivity index (χ2v) is 6.26. The Kier molecular flexibility index (Phi) is 3.10. The molecule has 0 saturated carbocycles. The quantitative estimate of drug-likeness (QED) is 0.636. The van der Waals surface area contributed by atoms with Gasteiger partial charge < -0.3 is 0 Å². The summed E-state index contributed by atoms with van der Waals surface area (Å²) in [5, 5.41) is 3.12. The van der Waals surface area contributed by atoms with E-state index in [4.69, 9.17) is 0 Å². The molecule has 0 aromatic carbocycles. The molecule has 20 heavy (non-hydrogen) atoms. The Bertz CT molecular complexity index is 612. The van der Waals surface area contributed by atoms with E-state index in [2.05, 4.69) is 0 Å². The fraction of sp³-hybridized carbons (Fsp3) is 0.143. The number of allylic oxidation sites excluding steroid dienone is 4. The minimum Gasteiger partial charge on any atom is -0.229 e. The summed E-state index contributed by atoms with van der Waals surface area (Å²) in [7, 11) is 0. The van der Waals surface area contributed by atoms with Crippen molar-refractivity contribution in [2.24, 2.45) is 0 Å². The molecule has 0 fully saturated rings. The predicted octanol–water partition coefficient (Wildman–Crippen LogP) is 5.56. The Balaban J connectivity index is 2.25. The molecule has 3 rings (SSSR count). The number of halogens is 4. The molecule has 2 heterocycles. The normalized spacial score (nSPS) is 30.0. The topological polar surface area (TPSA) is 0 Å². The number of hydrogen-bond acceptors (Lipinski definition) is 2. The van der Waals surface area contributed by atoms with Gasteiger partial charge >= 0.3 is 0 Å². The third kappa shape index (κ3) is 1.78. The van der Waals surface area contributed by atoms with E-state index < -0.39 is 23.0 Å². The molecular formula is C14H8F4S2. The highest BCUT2D eigenvalue weighted by Gasteiger charge is 2.57. The molecule has 0 N–H and O–H groups in total. The van der Waals surface area contributed by atoms with Crippen molar-refractivity contribution in [3.8, 4) is 0 Å². The van der Waals surface area contributed by atoms with Gasteiger partial charge in [-0.05, 0) is 22.9 Å². The molecule has 0 nitrogen and oxygen atoms in total. The molecule has 6 heteroatoms. The van der Waals surface area contributed by atoms with Crippen molar-refractivity contribution in [1.82, 2.24) is 0 Å². The lowest BCUT2D eigenvalue weighted by molar-refractivity contribution is 0.0244. The fourth-order valence-corrected chi connectivity index (χ4v) is 3.85. The number of thiophene rings is 2. The van der Waals surface area contributed by atoms with E-state index in [9.17, 15) is 8.78 Å². The van der Waals surface area contributed by atoms with Crippen LogP contribution in [0.1, 0.15) is 9.75 Å². The van der Waals surface area contributed by atoms with Crippen LogP contribution in [-0.2, 0) is 11.3 Å². The molecule has 2 unspecified atom stereocenters. The van der Waals surface area contributed by atoms with Gasteiger partial charge in [-0.15, -0.1) is 22.7 Å². The summed E-state index contributed by atoms with van der Waals surface area (Å²) in [6.07, 6.45) is 0.766. The maximum Gasteiger partial charge on any atom is 0.208 e. The lowest BCUT2D eigenvalue weighted by atomic mass is 9.79. The van der Waals surface area contributed by atoms with Gasteiger partial charge in [-0.1, -0.05) is 12.1 Å². The molecule has 0 amide bonds. The smallest absolute Gasteiger partial charge is 0.208 e. The van der Waals surface area contributed by atoms with Crippen LogP contribution < -0.4 is 0 Å². The third-order valence-corrected chi connectivity index (χ3v) is 5.13. The zero-order valence-corrected chi connectivity index (χ0v) is 11.6. The molecule has 0 spiro atoms. The van der Waals surface area contributed by atoms with Crippen molar-refractivity contribution >= 4 is 22.7 Å². The Morgan fingerprint density at radius 3 is 1.45 bits per heavy atom. The van der Waals surface area contributed by atoms with Crippen LogP contribution in [0, 0.1) is 0 Å². The van der Waals surface area contributed by atoms with E-state index in [1.807, 2.05) is 0 Å². The second kappa shape index (κ2) is 4.56. The highest BCUT2D eigenvalue weighted by molar-refractivity contribution is 7.10. The molecule has 0 bridgehead atoms. The lowest BCUT2D eigenvalue weighted by Crippen LogP contribution is -2.41. The molecule has 2 aromatic heterocycles. The van der Waals surface area contributed by atoms with Gasteiger partial charge in [-0.3, -0.25) is 0 Å². The minimum absolute atomic E-state index is 0.00713. The van der Waals surface area contributed by atoms with Gasteiger partial charge in [0.1, 0.15) is 0 Å². The van der Waals surface area contributed by atoms with Crippen molar-refractivity contribution in [2.75, 3.05) is 0 Å².